The average Bonchev–Trinajstić information content (AvgIpc) is 2.99. The van der Waals surface area contributed by atoms with Gasteiger partial charge in [0, 0.05) is 16.6 Å². The van der Waals surface area contributed by atoms with Crippen LogP contribution in [-0.2, 0) is 6.54 Å². The lowest BCUT2D eigenvalue weighted by Gasteiger charge is -2.04. The van der Waals surface area contributed by atoms with Crippen molar-refractivity contribution in [1.82, 2.24) is 19.7 Å². The molecule has 5 nitrogen and oxygen atoms in total. The normalized spacial score (nSPS) is 10.7. The van der Waals surface area contributed by atoms with Crippen LogP contribution in [0, 0.1) is 4.77 Å². The number of hydrogen-bond acceptors (Lipinski definition) is 4. The van der Waals surface area contributed by atoms with Crippen molar-refractivity contribution in [3.63, 3.8) is 0 Å². The lowest BCUT2D eigenvalue weighted by atomic mass is 10.2. The zero-order valence-electron chi connectivity index (χ0n) is 9.79. The summed E-state index contributed by atoms with van der Waals surface area (Å²) in [5.41, 5.74) is 1.80. The molecule has 0 aliphatic carbocycles. The Bertz CT molecular complexity index is 797. The summed E-state index contributed by atoms with van der Waals surface area (Å²) in [7, 11) is 0. The van der Waals surface area contributed by atoms with Crippen LogP contribution in [0.2, 0.25) is 0 Å². The number of thiazole rings is 1. The minimum atomic E-state index is -0.0636. The third kappa shape index (κ3) is 2.42. The molecule has 0 bridgehead atoms. The molecule has 0 saturated carbocycles. The molecule has 0 aliphatic heterocycles. The van der Waals surface area contributed by atoms with Crippen LogP contribution in [0.15, 0.2) is 40.5 Å². The number of H-pyrrole nitrogens is 2. The summed E-state index contributed by atoms with van der Waals surface area (Å²) >= 11 is 6.38. The van der Waals surface area contributed by atoms with Crippen LogP contribution in [0.3, 0.4) is 0 Å². The van der Waals surface area contributed by atoms with E-state index in [0.29, 0.717) is 11.3 Å². The lowest BCUT2D eigenvalue weighted by molar-refractivity contribution is 0.770. The molecule has 0 unspecified atom stereocenters. The number of benzene rings is 1. The Morgan fingerprint density at radius 2 is 2.11 bits per heavy atom. The first-order valence-electron chi connectivity index (χ1n) is 5.61. The monoisotopic (exact) mass is 290 g/mol. The van der Waals surface area contributed by atoms with E-state index in [0.717, 1.165) is 28.4 Å². The van der Waals surface area contributed by atoms with E-state index in [1.165, 1.54) is 0 Å². The van der Waals surface area contributed by atoms with Gasteiger partial charge in [-0.2, -0.15) is 5.10 Å². The number of aromatic amines is 2. The molecule has 0 atom stereocenters. The lowest BCUT2D eigenvalue weighted by Crippen LogP contribution is -2.05. The van der Waals surface area contributed by atoms with Crippen LogP contribution in [0.25, 0.3) is 11.4 Å². The van der Waals surface area contributed by atoms with Gasteiger partial charge in [0.15, 0.2) is 10.6 Å². The van der Waals surface area contributed by atoms with Gasteiger partial charge in [-0.1, -0.05) is 41.7 Å². The first-order chi connectivity index (χ1) is 9.24. The van der Waals surface area contributed by atoms with E-state index in [-0.39, 0.29) is 4.87 Å². The molecule has 7 heteroatoms. The zero-order chi connectivity index (χ0) is 13.2. The molecule has 19 heavy (non-hydrogen) atoms. The Balaban J connectivity index is 2.04. The van der Waals surface area contributed by atoms with Gasteiger partial charge in [0.1, 0.15) is 0 Å². The van der Waals surface area contributed by atoms with Crippen LogP contribution in [-0.4, -0.2) is 19.7 Å². The van der Waals surface area contributed by atoms with Crippen molar-refractivity contribution in [2.75, 3.05) is 0 Å². The first-order valence-corrected chi connectivity index (χ1v) is 6.90. The molecule has 1 aromatic carbocycles. The Hall–Kier alpha value is -1.99. The van der Waals surface area contributed by atoms with Gasteiger partial charge in [0.2, 0.25) is 0 Å². The molecule has 0 fully saturated rings. The molecule has 96 valence electrons. The van der Waals surface area contributed by atoms with Crippen molar-refractivity contribution < 1.29 is 0 Å². The Morgan fingerprint density at radius 1 is 1.32 bits per heavy atom. The minimum absolute atomic E-state index is 0.0636. The van der Waals surface area contributed by atoms with Crippen molar-refractivity contribution >= 4 is 23.6 Å². The fraction of sp³-hybridized carbons (Fsp3) is 0.0833. The van der Waals surface area contributed by atoms with Gasteiger partial charge >= 0.3 is 4.87 Å². The smallest absolute Gasteiger partial charge is 0.304 e. The number of hydrogen-bond donors (Lipinski definition) is 2. The van der Waals surface area contributed by atoms with Gasteiger partial charge in [-0.05, 0) is 12.2 Å². The van der Waals surface area contributed by atoms with Gasteiger partial charge in [-0.15, -0.1) is 0 Å². The molecular formula is C12H10N4OS2. The highest BCUT2D eigenvalue weighted by molar-refractivity contribution is 7.71. The standard InChI is InChI=1S/C12H10N4OS2/c17-12-13-9(7-19-12)6-16-10(14-15-11(16)18)8-4-2-1-3-5-8/h1-5,7H,6H2,(H,13,17)(H,15,18). The van der Waals surface area contributed by atoms with E-state index in [2.05, 4.69) is 15.2 Å². The molecule has 0 aliphatic rings. The molecule has 2 N–H and O–H groups in total. The maximum atomic E-state index is 11.2. The van der Waals surface area contributed by atoms with Crippen molar-refractivity contribution in [1.29, 1.82) is 0 Å². The summed E-state index contributed by atoms with van der Waals surface area (Å²) in [6, 6.07) is 9.79. The number of nitrogens with zero attached hydrogens (tertiary/aromatic N) is 2. The van der Waals surface area contributed by atoms with Crippen LogP contribution in [0.4, 0.5) is 0 Å². The fourth-order valence-corrected chi connectivity index (χ4v) is 2.60. The highest BCUT2D eigenvalue weighted by Gasteiger charge is 2.09. The molecule has 0 radical (unpaired) electrons. The summed E-state index contributed by atoms with van der Waals surface area (Å²) in [5.74, 6) is 0.762. The van der Waals surface area contributed by atoms with E-state index in [9.17, 15) is 4.79 Å². The summed E-state index contributed by atoms with van der Waals surface area (Å²) in [5, 5.41) is 8.83. The van der Waals surface area contributed by atoms with Gasteiger partial charge in [-0.25, -0.2) is 0 Å². The fourth-order valence-electron chi connectivity index (χ4n) is 1.83. The Labute approximate surface area is 117 Å². The average molecular weight is 290 g/mol. The maximum absolute atomic E-state index is 11.2. The molecule has 2 heterocycles. The van der Waals surface area contributed by atoms with Crippen LogP contribution in [0.1, 0.15) is 5.69 Å². The third-order valence-electron chi connectivity index (χ3n) is 2.69. The van der Waals surface area contributed by atoms with E-state index in [1.54, 1.807) is 5.38 Å². The zero-order valence-corrected chi connectivity index (χ0v) is 11.4. The highest BCUT2D eigenvalue weighted by atomic mass is 32.1. The van der Waals surface area contributed by atoms with Gasteiger partial charge in [0.05, 0.1) is 6.54 Å². The second-order valence-electron chi connectivity index (χ2n) is 3.98. The second kappa shape index (κ2) is 4.94. The summed E-state index contributed by atoms with van der Waals surface area (Å²) in [4.78, 5) is 13.9. The minimum Gasteiger partial charge on any atom is -0.315 e. The summed E-state index contributed by atoms with van der Waals surface area (Å²) in [6.07, 6.45) is 0. The van der Waals surface area contributed by atoms with E-state index >= 15 is 0 Å². The van der Waals surface area contributed by atoms with Crippen LogP contribution < -0.4 is 4.87 Å². The number of rotatable bonds is 3. The predicted octanol–water partition coefficient (Wildman–Crippen LogP) is 2.41. The topological polar surface area (TPSA) is 66.5 Å². The highest BCUT2D eigenvalue weighted by Crippen LogP contribution is 2.17. The van der Waals surface area contributed by atoms with E-state index < -0.39 is 0 Å². The molecule has 3 rings (SSSR count). The van der Waals surface area contributed by atoms with Gasteiger partial charge in [0.25, 0.3) is 0 Å². The van der Waals surface area contributed by atoms with Crippen molar-refractivity contribution in [3.05, 3.63) is 55.8 Å². The third-order valence-corrected chi connectivity index (χ3v) is 3.72. The van der Waals surface area contributed by atoms with Crippen LogP contribution in [0.5, 0.6) is 0 Å². The molecule has 0 amide bonds. The number of nitrogens with one attached hydrogen (secondary N) is 2. The van der Waals surface area contributed by atoms with E-state index in [1.807, 2.05) is 34.9 Å². The number of aromatic nitrogens is 4. The summed E-state index contributed by atoms with van der Waals surface area (Å²) < 4.78 is 2.40. The summed E-state index contributed by atoms with van der Waals surface area (Å²) in [6.45, 7) is 0.498. The molecular weight excluding hydrogens is 280 g/mol. The SMILES string of the molecule is O=c1[nH]c(Cn2c(-c3ccccc3)n[nH]c2=S)cs1. The largest absolute Gasteiger partial charge is 0.315 e. The van der Waals surface area contributed by atoms with Crippen molar-refractivity contribution in [2.24, 2.45) is 0 Å². The Morgan fingerprint density at radius 3 is 2.79 bits per heavy atom. The van der Waals surface area contributed by atoms with Gasteiger partial charge < -0.3 is 4.98 Å². The Kier molecular flexibility index (Phi) is 3.14. The second-order valence-corrected chi connectivity index (χ2v) is 5.21. The first kappa shape index (κ1) is 12.1. The predicted molar refractivity (Wildman–Crippen MR) is 76.9 cm³/mol. The maximum Gasteiger partial charge on any atom is 0.304 e. The van der Waals surface area contributed by atoms with E-state index in [4.69, 9.17) is 12.2 Å². The molecule has 3 aromatic rings. The van der Waals surface area contributed by atoms with Crippen molar-refractivity contribution in [3.8, 4) is 11.4 Å². The molecule has 0 saturated heterocycles. The molecule has 0 spiro atoms. The van der Waals surface area contributed by atoms with Gasteiger partial charge in [-0.3, -0.25) is 14.5 Å². The molecule has 2 aromatic heterocycles. The van der Waals surface area contributed by atoms with Crippen molar-refractivity contribution in [2.45, 2.75) is 6.54 Å². The van der Waals surface area contributed by atoms with Crippen LogP contribution >= 0.6 is 23.6 Å². The quantitative estimate of drug-likeness (QED) is 0.728.